The van der Waals surface area contributed by atoms with Gasteiger partial charge in [0.05, 0.1) is 0 Å². The molecule has 0 aliphatic carbocycles. The molecule has 27 heavy (non-hydrogen) atoms. The van der Waals surface area contributed by atoms with Crippen molar-refractivity contribution in [1.29, 1.82) is 0 Å². The molecule has 3 rings (SSSR count). The van der Waals surface area contributed by atoms with Gasteiger partial charge in [-0.05, 0) is 74.3 Å². The summed E-state index contributed by atoms with van der Waals surface area (Å²) in [4.78, 5) is 2.53. The zero-order chi connectivity index (χ0) is 18.9. The van der Waals surface area contributed by atoms with E-state index >= 15 is 0 Å². The van der Waals surface area contributed by atoms with Crippen molar-refractivity contribution in [3.05, 3.63) is 64.7 Å². The Morgan fingerprint density at radius 3 is 2.37 bits per heavy atom. The molecule has 0 bridgehead atoms. The highest BCUT2D eigenvalue weighted by molar-refractivity contribution is 6.30. The van der Waals surface area contributed by atoms with Gasteiger partial charge in [-0.2, -0.15) is 0 Å². The molecule has 1 heterocycles. The maximum atomic E-state index is 6.11. The van der Waals surface area contributed by atoms with Gasteiger partial charge in [0.25, 0.3) is 0 Å². The minimum absolute atomic E-state index is 0.0345. The zero-order valence-electron chi connectivity index (χ0n) is 16.1. The highest BCUT2D eigenvalue weighted by Gasteiger charge is 2.11. The van der Waals surface area contributed by atoms with Crippen molar-refractivity contribution in [3.8, 4) is 17.6 Å². The lowest BCUT2D eigenvalue weighted by molar-refractivity contribution is 0.201. The van der Waals surface area contributed by atoms with Gasteiger partial charge in [0.1, 0.15) is 11.9 Å². The molecule has 1 unspecified atom stereocenters. The van der Waals surface area contributed by atoms with Gasteiger partial charge < -0.3 is 9.64 Å². The number of hydrogen-bond acceptors (Lipinski definition) is 2. The molecule has 0 N–H and O–H groups in total. The lowest BCUT2D eigenvalue weighted by Crippen LogP contribution is -2.30. The highest BCUT2D eigenvalue weighted by Crippen LogP contribution is 2.26. The Morgan fingerprint density at radius 1 is 1.00 bits per heavy atom. The fourth-order valence-electron chi connectivity index (χ4n) is 3.41. The molecule has 142 valence electrons. The van der Waals surface area contributed by atoms with Gasteiger partial charge in [-0.25, -0.2) is 0 Å². The topological polar surface area (TPSA) is 12.5 Å². The number of nitrogens with zero attached hydrogens (tertiary/aromatic N) is 1. The molecule has 0 spiro atoms. The Bertz CT molecular complexity index is 752. The highest BCUT2D eigenvalue weighted by atomic mass is 35.5. The van der Waals surface area contributed by atoms with Gasteiger partial charge in [-0.1, -0.05) is 48.9 Å². The molecule has 2 nitrogen and oxygen atoms in total. The van der Waals surface area contributed by atoms with E-state index in [1.807, 2.05) is 24.3 Å². The second-order valence-corrected chi connectivity index (χ2v) is 7.48. The molecule has 0 amide bonds. The third-order valence-electron chi connectivity index (χ3n) is 4.98. The SMILES string of the molecule is CCC(Oc1ccc(Cl)cc1)c1ccc(C#CCCN2CCCCC2)cc1. The molecule has 0 radical (unpaired) electrons. The molecule has 1 saturated heterocycles. The Kier molecular flexibility index (Phi) is 7.63. The van der Waals surface area contributed by atoms with Crippen molar-refractivity contribution in [2.45, 2.75) is 45.1 Å². The van der Waals surface area contributed by atoms with Crippen molar-refractivity contribution in [2.75, 3.05) is 19.6 Å². The molecule has 2 aromatic carbocycles. The van der Waals surface area contributed by atoms with Crippen LogP contribution in [0, 0.1) is 11.8 Å². The fourth-order valence-corrected chi connectivity index (χ4v) is 3.53. The molecule has 1 aliphatic heterocycles. The first kappa shape index (κ1) is 19.8. The summed E-state index contributed by atoms with van der Waals surface area (Å²) in [6, 6.07) is 16.0. The normalized spacial score (nSPS) is 15.6. The molecule has 3 heteroatoms. The second-order valence-electron chi connectivity index (χ2n) is 7.04. The average Bonchev–Trinajstić information content (AvgIpc) is 2.72. The number of rotatable bonds is 6. The van der Waals surface area contributed by atoms with E-state index in [0.29, 0.717) is 0 Å². The number of ether oxygens (including phenoxy) is 1. The van der Waals surface area contributed by atoms with Gasteiger partial charge in [-0.3, -0.25) is 0 Å². The number of halogens is 1. The van der Waals surface area contributed by atoms with E-state index in [2.05, 4.69) is 47.9 Å². The smallest absolute Gasteiger partial charge is 0.123 e. The maximum Gasteiger partial charge on any atom is 0.123 e. The van der Waals surface area contributed by atoms with E-state index < -0.39 is 0 Å². The molecule has 2 aromatic rings. The molecular weight excluding hydrogens is 354 g/mol. The van der Waals surface area contributed by atoms with E-state index in [9.17, 15) is 0 Å². The third kappa shape index (κ3) is 6.31. The van der Waals surface area contributed by atoms with Crippen molar-refractivity contribution < 1.29 is 4.74 Å². The van der Waals surface area contributed by atoms with Crippen LogP contribution in [0.5, 0.6) is 5.75 Å². The van der Waals surface area contributed by atoms with E-state index in [1.165, 1.54) is 37.9 Å². The van der Waals surface area contributed by atoms with Gasteiger partial charge >= 0.3 is 0 Å². The molecule has 1 fully saturated rings. The summed E-state index contributed by atoms with van der Waals surface area (Å²) in [7, 11) is 0. The molecule has 0 saturated carbocycles. The number of piperidine rings is 1. The zero-order valence-corrected chi connectivity index (χ0v) is 16.8. The van der Waals surface area contributed by atoms with Crippen LogP contribution < -0.4 is 4.74 Å². The van der Waals surface area contributed by atoms with Crippen LogP contribution in [0.4, 0.5) is 0 Å². The predicted octanol–water partition coefficient (Wildman–Crippen LogP) is 6.10. The van der Waals surface area contributed by atoms with Gasteiger partial charge in [0, 0.05) is 23.6 Å². The predicted molar refractivity (Wildman–Crippen MR) is 113 cm³/mol. The minimum atomic E-state index is 0.0345. The first-order valence-corrected chi connectivity index (χ1v) is 10.4. The molecule has 0 aromatic heterocycles. The summed E-state index contributed by atoms with van der Waals surface area (Å²) in [6.07, 6.45) is 5.95. The number of hydrogen-bond donors (Lipinski definition) is 0. The molecule has 1 atom stereocenters. The van der Waals surface area contributed by atoms with Gasteiger partial charge in [0.2, 0.25) is 0 Å². The standard InChI is InChI=1S/C24H28ClNO/c1-2-24(27-23-15-13-22(25)14-16-23)21-11-9-20(10-12-21)8-4-7-19-26-17-5-3-6-18-26/h9-16,24H,2-3,5-7,17-19H2,1H3. The van der Waals surface area contributed by atoms with Crippen LogP contribution in [0.3, 0.4) is 0 Å². The summed E-state index contributed by atoms with van der Waals surface area (Å²) < 4.78 is 6.11. The largest absolute Gasteiger partial charge is 0.486 e. The Balaban J connectivity index is 1.53. The lowest BCUT2D eigenvalue weighted by Gasteiger charge is -2.25. The van der Waals surface area contributed by atoms with Crippen molar-refractivity contribution in [2.24, 2.45) is 0 Å². The van der Waals surface area contributed by atoms with Gasteiger partial charge in [-0.15, -0.1) is 0 Å². The number of likely N-dealkylation sites (tertiary alicyclic amines) is 1. The van der Waals surface area contributed by atoms with E-state index in [-0.39, 0.29) is 6.10 Å². The second kappa shape index (κ2) is 10.4. The Hall–Kier alpha value is -1.95. The Morgan fingerprint density at radius 2 is 1.70 bits per heavy atom. The summed E-state index contributed by atoms with van der Waals surface area (Å²) in [5.41, 5.74) is 2.24. The van der Waals surface area contributed by atoms with Crippen LogP contribution in [0.15, 0.2) is 48.5 Å². The van der Waals surface area contributed by atoms with Crippen molar-refractivity contribution in [3.63, 3.8) is 0 Å². The van der Waals surface area contributed by atoms with Crippen LogP contribution >= 0.6 is 11.6 Å². The lowest BCUT2D eigenvalue weighted by atomic mass is 10.0. The first-order valence-electron chi connectivity index (χ1n) is 9.98. The van der Waals surface area contributed by atoms with Crippen LogP contribution in [0.25, 0.3) is 0 Å². The van der Waals surface area contributed by atoms with E-state index in [1.54, 1.807) is 0 Å². The van der Waals surface area contributed by atoms with Crippen LogP contribution in [-0.4, -0.2) is 24.5 Å². The fraction of sp³-hybridized carbons (Fsp3) is 0.417. The summed E-state index contributed by atoms with van der Waals surface area (Å²) >= 11 is 5.94. The van der Waals surface area contributed by atoms with Gasteiger partial charge in [0.15, 0.2) is 0 Å². The first-order chi connectivity index (χ1) is 13.2. The third-order valence-corrected chi connectivity index (χ3v) is 5.23. The maximum absolute atomic E-state index is 6.11. The summed E-state index contributed by atoms with van der Waals surface area (Å²) in [6.45, 7) is 5.71. The summed E-state index contributed by atoms with van der Waals surface area (Å²) in [5, 5.41) is 0.721. The monoisotopic (exact) mass is 381 g/mol. The van der Waals surface area contributed by atoms with Crippen molar-refractivity contribution >= 4 is 11.6 Å². The Labute approximate surface area is 168 Å². The van der Waals surface area contributed by atoms with Crippen LogP contribution in [0.1, 0.15) is 56.3 Å². The van der Waals surface area contributed by atoms with Crippen LogP contribution in [-0.2, 0) is 0 Å². The molecule has 1 aliphatic rings. The minimum Gasteiger partial charge on any atom is -0.486 e. The molecular formula is C24H28ClNO. The quantitative estimate of drug-likeness (QED) is 0.560. The van der Waals surface area contributed by atoms with E-state index in [0.717, 1.165) is 35.7 Å². The number of benzene rings is 2. The summed E-state index contributed by atoms with van der Waals surface area (Å²) in [5.74, 6) is 7.45. The average molecular weight is 382 g/mol. The van der Waals surface area contributed by atoms with Crippen molar-refractivity contribution in [1.82, 2.24) is 4.90 Å². The van der Waals surface area contributed by atoms with E-state index in [4.69, 9.17) is 16.3 Å². The van der Waals surface area contributed by atoms with Crippen LogP contribution in [0.2, 0.25) is 5.02 Å².